The van der Waals surface area contributed by atoms with Crippen molar-refractivity contribution in [2.45, 2.75) is 129 Å². The van der Waals surface area contributed by atoms with Crippen LogP contribution in [-0.2, 0) is 27.9 Å². The minimum Gasteiger partial charge on any atom is -0.457 e. The van der Waals surface area contributed by atoms with Crippen LogP contribution in [0.25, 0.3) is 0 Å². The third-order valence-electron chi connectivity index (χ3n) is 6.92. The zero-order valence-electron chi connectivity index (χ0n) is 29.7. The summed E-state index contributed by atoms with van der Waals surface area (Å²) < 4.78 is 33.0. The molecule has 0 aromatic heterocycles. The maximum Gasteiger partial charge on any atom is 0.472 e. The van der Waals surface area contributed by atoms with Crippen LogP contribution >= 0.6 is 7.82 Å². The number of ether oxygens (including phenoxy) is 2. The Balaban J connectivity index is 4.38. The Morgan fingerprint density at radius 2 is 1.15 bits per heavy atom. The Bertz CT molecular complexity index is 971. The van der Waals surface area contributed by atoms with Crippen LogP contribution in [0.2, 0.25) is 0 Å². The minimum absolute atomic E-state index is 0.0153. The predicted molar refractivity (Wildman–Crippen MR) is 196 cm³/mol. The van der Waals surface area contributed by atoms with E-state index >= 15 is 0 Å². The van der Waals surface area contributed by atoms with Crippen LogP contribution in [0.5, 0.6) is 0 Å². The van der Waals surface area contributed by atoms with Crippen molar-refractivity contribution in [3.05, 3.63) is 72.9 Å². The van der Waals surface area contributed by atoms with Crippen LogP contribution in [0.1, 0.15) is 117 Å². The fraction of sp³-hybridized carbons (Fsp3) is 0.658. The van der Waals surface area contributed by atoms with Gasteiger partial charge in [0.1, 0.15) is 12.2 Å². The van der Waals surface area contributed by atoms with E-state index in [4.69, 9.17) is 19.1 Å². The summed E-state index contributed by atoms with van der Waals surface area (Å²) in [7, 11) is -4.53. The Hall–Kier alpha value is -2.10. The van der Waals surface area contributed by atoms with E-state index in [9.17, 15) is 19.4 Å². The standard InChI is InChI=1S/C38H65O9P/c1-3-5-7-9-11-13-14-15-16-17-18-19-20-21-22-23-24-26-28-30-38(41)47-37(35-46-48(42,43)45-33-36(40)32-39)34-44-31-29-27-25-12-10-8-6-4-2/h5,7,11,13,15-16,18-19,21-22,24,26,36-37,39-40H,3-4,6,8-10,12,14,17,20,23,25,27-35H2,1-2H3,(H,42,43)/b7-5-,13-11-,16-15-,19-18-,22-21-,26-24-. The molecule has 3 atom stereocenters. The molecule has 0 rings (SSSR count). The van der Waals surface area contributed by atoms with Gasteiger partial charge < -0.3 is 24.6 Å². The SMILES string of the molecule is CC/C=C\C/C=C\C/C=C\C/C=C\C/C=C\C/C=C\CCC(=O)OC(COCCCCCCCCCC)COP(=O)(O)OCC(O)CO. The molecule has 0 bridgehead atoms. The monoisotopic (exact) mass is 696 g/mol. The van der Waals surface area contributed by atoms with Crippen molar-refractivity contribution in [1.82, 2.24) is 0 Å². The smallest absolute Gasteiger partial charge is 0.457 e. The van der Waals surface area contributed by atoms with Gasteiger partial charge in [-0.3, -0.25) is 13.8 Å². The summed E-state index contributed by atoms with van der Waals surface area (Å²) in [6.45, 7) is 3.23. The summed E-state index contributed by atoms with van der Waals surface area (Å²) >= 11 is 0. The first kappa shape index (κ1) is 45.9. The summed E-state index contributed by atoms with van der Waals surface area (Å²) in [5.74, 6) is -0.469. The van der Waals surface area contributed by atoms with Gasteiger partial charge >= 0.3 is 13.8 Å². The topological polar surface area (TPSA) is 132 Å². The maximum atomic E-state index is 12.5. The third kappa shape index (κ3) is 33.8. The Kier molecular flexibility index (Phi) is 33.2. The Morgan fingerprint density at radius 3 is 1.67 bits per heavy atom. The average Bonchev–Trinajstić information content (AvgIpc) is 3.07. The van der Waals surface area contributed by atoms with Crippen molar-refractivity contribution < 1.29 is 43.0 Å². The van der Waals surface area contributed by atoms with Crippen LogP contribution in [0.3, 0.4) is 0 Å². The van der Waals surface area contributed by atoms with E-state index in [-0.39, 0.29) is 13.0 Å². The largest absolute Gasteiger partial charge is 0.472 e. The highest BCUT2D eigenvalue weighted by Gasteiger charge is 2.26. The summed E-state index contributed by atoms with van der Waals surface area (Å²) in [6, 6.07) is 0. The van der Waals surface area contributed by atoms with Gasteiger partial charge in [0.05, 0.1) is 26.4 Å². The van der Waals surface area contributed by atoms with Gasteiger partial charge in [-0.25, -0.2) is 4.57 Å². The Morgan fingerprint density at radius 1 is 0.667 bits per heavy atom. The van der Waals surface area contributed by atoms with Crippen molar-refractivity contribution in [2.75, 3.05) is 33.0 Å². The Labute approximate surface area is 291 Å². The van der Waals surface area contributed by atoms with Crippen molar-refractivity contribution in [3.63, 3.8) is 0 Å². The van der Waals surface area contributed by atoms with Crippen molar-refractivity contribution >= 4 is 13.8 Å². The lowest BCUT2D eigenvalue weighted by molar-refractivity contribution is -0.154. The second-order valence-electron chi connectivity index (χ2n) is 11.5. The molecule has 10 heteroatoms. The van der Waals surface area contributed by atoms with Gasteiger partial charge in [-0.2, -0.15) is 0 Å². The first-order chi connectivity index (χ1) is 23.3. The molecule has 0 heterocycles. The van der Waals surface area contributed by atoms with Gasteiger partial charge in [0, 0.05) is 13.0 Å². The van der Waals surface area contributed by atoms with E-state index in [1.165, 1.54) is 32.1 Å². The lowest BCUT2D eigenvalue weighted by atomic mass is 10.1. The molecular weight excluding hydrogens is 631 g/mol. The molecule has 3 N–H and O–H groups in total. The van der Waals surface area contributed by atoms with Crippen molar-refractivity contribution in [1.29, 1.82) is 0 Å². The summed E-state index contributed by atoms with van der Waals surface area (Å²) in [5.41, 5.74) is 0. The second kappa shape index (κ2) is 34.8. The van der Waals surface area contributed by atoms with Gasteiger partial charge in [0.15, 0.2) is 0 Å². The molecule has 3 unspecified atom stereocenters. The molecule has 0 spiro atoms. The van der Waals surface area contributed by atoms with E-state index < -0.39 is 45.8 Å². The molecule has 0 radical (unpaired) electrons. The van der Waals surface area contributed by atoms with Crippen LogP contribution in [-0.4, -0.2) is 66.3 Å². The van der Waals surface area contributed by atoms with Crippen molar-refractivity contribution in [3.8, 4) is 0 Å². The molecule has 9 nitrogen and oxygen atoms in total. The average molecular weight is 697 g/mol. The predicted octanol–water partition coefficient (Wildman–Crippen LogP) is 9.02. The summed E-state index contributed by atoms with van der Waals surface area (Å²) in [4.78, 5) is 22.4. The molecule has 0 amide bonds. The summed E-state index contributed by atoms with van der Waals surface area (Å²) in [5, 5.41) is 18.2. The highest BCUT2D eigenvalue weighted by molar-refractivity contribution is 7.47. The number of phosphoric acid groups is 1. The zero-order chi connectivity index (χ0) is 35.4. The van der Waals surface area contributed by atoms with Gasteiger partial charge in [-0.15, -0.1) is 0 Å². The normalized spacial score (nSPS) is 15.2. The number of aliphatic hydroxyl groups is 2. The van der Waals surface area contributed by atoms with Crippen LogP contribution in [0, 0.1) is 0 Å². The minimum atomic E-state index is -4.53. The molecule has 0 aliphatic heterocycles. The van der Waals surface area contributed by atoms with Crippen LogP contribution < -0.4 is 0 Å². The highest BCUT2D eigenvalue weighted by Crippen LogP contribution is 2.43. The second-order valence-corrected chi connectivity index (χ2v) is 13.0. The number of phosphoric ester groups is 1. The van der Waals surface area contributed by atoms with Gasteiger partial charge in [-0.05, 0) is 51.4 Å². The number of unbranched alkanes of at least 4 members (excludes halogenated alkanes) is 7. The number of allylic oxidation sites excluding steroid dienone is 12. The van der Waals surface area contributed by atoms with Crippen LogP contribution in [0.4, 0.5) is 0 Å². The molecule has 0 saturated carbocycles. The van der Waals surface area contributed by atoms with Crippen molar-refractivity contribution in [2.24, 2.45) is 0 Å². The van der Waals surface area contributed by atoms with E-state index in [1.54, 1.807) is 0 Å². The molecular formula is C38H65O9P. The fourth-order valence-electron chi connectivity index (χ4n) is 4.20. The lowest BCUT2D eigenvalue weighted by Gasteiger charge is -2.20. The third-order valence-corrected chi connectivity index (χ3v) is 7.87. The number of rotatable bonds is 33. The van der Waals surface area contributed by atoms with Gasteiger partial charge in [0.25, 0.3) is 0 Å². The first-order valence-corrected chi connectivity index (χ1v) is 19.4. The molecule has 0 aliphatic carbocycles. The number of carbonyl (C=O) groups is 1. The quantitative estimate of drug-likeness (QED) is 0.0266. The molecule has 276 valence electrons. The number of hydrogen-bond acceptors (Lipinski definition) is 8. The van der Waals surface area contributed by atoms with Gasteiger partial charge in [-0.1, -0.05) is 132 Å². The van der Waals surface area contributed by atoms with E-state index in [1.807, 2.05) is 12.2 Å². The fourth-order valence-corrected chi connectivity index (χ4v) is 4.99. The van der Waals surface area contributed by atoms with E-state index in [0.29, 0.717) is 13.0 Å². The lowest BCUT2D eigenvalue weighted by Crippen LogP contribution is -2.29. The van der Waals surface area contributed by atoms with E-state index in [0.717, 1.165) is 57.8 Å². The molecule has 0 aromatic rings. The molecule has 0 saturated heterocycles. The number of esters is 1. The summed E-state index contributed by atoms with van der Waals surface area (Å²) in [6.07, 6.45) is 38.8. The van der Waals surface area contributed by atoms with Gasteiger partial charge in [0.2, 0.25) is 0 Å². The number of carbonyl (C=O) groups excluding carboxylic acids is 1. The van der Waals surface area contributed by atoms with Crippen LogP contribution in [0.15, 0.2) is 72.9 Å². The maximum absolute atomic E-state index is 12.5. The van der Waals surface area contributed by atoms with E-state index in [2.05, 4.69) is 79.1 Å². The number of hydrogen-bond donors (Lipinski definition) is 3. The molecule has 48 heavy (non-hydrogen) atoms. The highest BCUT2D eigenvalue weighted by atomic mass is 31.2. The first-order valence-electron chi connectivity index (χ1n) is 17.9. The zero-order valence-corrected chi connectivity index (χ0v) is 30.6. The molecule has 0 aliphatic rings. The molecule has 0 aromatic carbocycles. The number of aliphatic hydroxyl groups excluding tert-OH is 2. The molecule has 0 fully saturated rings.